The summed E-state index contributed by atoms with van der Waals surface area (Å²) in [5, 5.41) is -2.15. The van der Waals surface area contributed by atoms with E-state index in [0.29, 0.717) is 5.56 Å². The summed E-state index contributed by atoms with van der Waals surface area (Å²) < 4.78 is 160. The molecule has 0 unspecified atom stereocenters. The standard InChI is InChI=1S/C45H30O/c1-45(2)39-18-10-9-13-31(39)32-22-20-29(26-40(32)45)43-35-16-7-5-14-33(35)42(34-15-6-8-17-36(34)43)28-21-24-41-38(25-28)37-23-19-27-11-3-4-12-30(27)44(37)46-41/h3-26H,1-2H3/i3D,4D,5D,6D,7D,8D,11D,12D,14D,15D,16D,17D,19D,21D,23D,24D,25D. The predicted octanol–water partition coefficient (Wildman–Crippen LogP) is 12.7. The Hall–Kier alpha value is -5.66. The van der Waals surface area contributed by atoms with Crippen molar-refractivity contribution < 1.29 is 27.7 Å². The van der Waals surface area contributed by atoms with Crippen LogP contribution in [-0.2, 0) is 5.41 Å². The minimum absolute atomic E-state index is 0.0594. The highest BCUT2D eigenvalue weighted by molar-refractivity contribution is 6.23. The van der Waals surface area contributed by atoms with Gasteiger partial charge in [0.2, 0.25) is 0 Å². The van der Waals surface area contributed by atoms with Crippen LogP contribution in [0, 0.1) is 0 Å². The van der Waals surface area contributed by atoms with Crippen molar-refractivity contribution in [3.63, 3.8) is 0 Å². The quantitative estimate of drug-likeness (QED) is 0.179. The average Bonchev–Trinajstić information content (AvgIpc) is 3.77. The third-order valence-electron chi connectivity index (χ3n) is 9.18. The zero-order valence-electron chi connectivity index (χ0n) is 41.4. The molecule has 0 atom stereocenters. The van der Waals surface area contributed by atoms with Gasteiger partial charge in [-0.05, 0) is 95.6 Å². The topological polar surface area (TPSA) is 13.1 Å². The molecule has 0 saturated carbocycles. The lowest BCUT2D eigenvalue weighted by molar-refractivity contribution is 0.660. The molecule has 46 heavy (non-hydrogen) atoms. The summed E-state index contributed by atoms with van der Waals surface area (Å²) in [6.45, 7) is 4.09. The molecular weight excluding hydrogens is 556 g/mol. The van der Waals surface area contributed by atoms with Crippen molar-refractivity contribution in [3.05, 3.63) is 156 Å². The summed E-state index contributed by atoms with van der Waals surface area (Å²) in [6.07, 6.45) is 0. The first-order chi connectivity index (χ1) is 29.7. The molecule has 9 aromatic rings. The summed E-state index contributed by atoms with van der Waals surface area (Å²) in [7, 11) is 0. The largest absolute Gasteiger partial charge is 0.455 e. The van der Waals surface area contributed by atoms with Crippen LogP contribution in [0.1, 0.15) is 48.3 Å². The van der Waals surface area contributed by atoms with Crippen LogP contribution < -0.4 is 0 Å². The van der Waals surface area contributed by atoms with E-state index in [-0.39, 0.29) is 59.8 Å². The van der Waals surface area contributed by atoms with Gasteiger partial charge >= 0.3 is 0 Å². The van der Waals surface area contributed by atoms with E-state index in [1.165, 1.54) is 0 Å². The van der Waals surface area contributed by atoms with E-state index >= 15 is 0 Å². The van der Waals surface area contributed by atoms with E-state index in [1.54, 1.807) is 6.07 Å². The molecule has 0 N–H and O–H groups in total. The van der Waals surface area contributed by atoms with Crippen LogP contribution in [0.15, 0.2) is 150 Å². The van der Waals surface area contributed by atoms with Crippen molar-refractivity contribution in [2.45, 2.75) is 19.3 Å². The van der Waals surface area contributed by atoms with Crippen molar-refractivity contribution in [1.82, 2.24) is 0 Å². The van der Waals surface area contributed by atoms with Gasteiger partial charge in [0.1, 0.15) is 11.2 Å². The first-order valence-corrected chi connectivity index (χ1v) is 14.7. The van der Waals surface area contributed by atoms with Crippen LogP contribution in [0.4, 0.5) is 0 Å². The SMILES string of the molecule is [2H]c1c(-c2c3c([2H])c([2H])c([2H])c([2H])c3c(-c3ccc4c(c3)C(C)(C)c3ccccc3-4)c3c([2H])c([2H])c([2H])c([2H])c23)c([2H])c2c(oc3c4c([2H])c([2H])c([2H])c([2H])c4c([2H])c([2H])c32)c1[2H]. The van der Waals surface area contributed by atoms with Gasteiger partial charge in [-0.3, -0.25) is 0 Å². The van der Waals surface area contributed by atoms with Gasteiger partial charge in [-0.1, -0.05) is 135 Å². The molecule has 1 aliphatic carbocycles. The van der Waals surface area contributed by atoms with Gasteiger partial charge in [0.05, 0.1) is 23.3 Å². The molecule has 1 heteroatoms. The minimum atomic E-state index is -0.734. The molecule has 0 bridgehead atoms. The minimum Gasteiger partial charge on any atom is -0.455 e. The maximum Gasteiger partial charge on any atom is 0.143 e. The monoisotopic (exact) mass is 603 g/mol. The second-order valence-corrected chi connectivity index (χ2v) is 11.9. The van der Waals surface area contributed by atoms with Gasteiger partial charge < -0.3 is 4.42 Å². The predicted molar refractivity (Wildman–Crippen MR) is 195 cm³/mol. The van der Waals surface area contributed by atoms with Crippen molar-refractivity contribution in [2.75, 3.05) is 0 Å². The molecule has 0 saturated heterocycles. The van der Waals surface area contributed by atoms with Crippen molar-refractivity contribution in [3.8, 4) is 33.4 Å². The maximum atomic E-state index is 9.82. The highest BCUT2D eigenvalue weighted by Crippen LogP contribution is 2.51. The fourth-order valence-electron chi connectivity index (χ4n) is 7.06. The van der Waals surface area contributed by atoms with Crippen LogP contribution in [0.2, 0.25) is 0 Å². The van der Waals surface area contributed by atoms with Crippen LogP contribution >= 0.6 is 0 Å². The number of furan rings is 1. The molecule has 8 aromatic carbocycles. The molecule has 1 aliphatic rings. The molecule has 1 nitrogen and oxygen atoms in total. The molecule has 0 spiro atoms. The molecule has 10 rings (SSSR count). The molecule has 0 amide bonds. The third kappa shape index (κ3) is 3.40. The van der Waals surface area contributed by atoms with E-state index in [9.17, 15) is 9.60 Å². The average molecular weight is 604 g/mol. The van der Waals surface area contributed by atoms with E-state index in [0.717, 1.165) is 22.3 Å². The molecular formula is C45H30O. The maximum absolute atomic E-state index is 9.82. The Balaban J connectivity index is 1.45. The smallest absolute Gasteiger partial charge is 0.143 e. The second-order valence-electron chi connectivity index (χ2n) is 11.9. The fourth-order valence-corrected chi connectivity index (χ4v) is 7.06. The highest BCUT2D eigenvalue weighted by atomic mass is 16.3. The fraction of sp³-hybridized carbons (Fsp3) is 0.0667. The van der Waals surface area contributed by atoms with Crippen LogP contribution in [-0.4, -0.2) is 0 Å². The normalized spacial score (nSPS) is 18.8. The first kappa shape index (κ1) is 14.2. The molecule has 0 aliphatic heterocycles. The van der Waals surface area contributed by atoms with E-state index in [2.05, 4.69) is 0 Å². The van der Waals surface area contributed by atoms with E-state index < -0.39 is 119 Å². The number of fused-ring (bicyclic) bond motifs is 10. The number of rotatable bonds is 2. The third-order valence-corrected chi connectivity index (χ3v) is 9.18. The van der Waals surface area contributed by atoms with Gasteiger partial charge in [-0.25, -0.2) is 0 Å². The number of hydrogen-bond donors (Lipinski definition) is 0. The molecule has 0 fully saturated rings. The Morgan fingerprint density at radius 3 is 1.89 bits per heavy atom. The van der Waals surface area contributed by atoms with Crippen LogP contribution in [0.25, 0.3) is 87.6 Å². The molecule has 0 radical (unpaired) electrons. The lowest BCUT2D eigenvalue weighted by Gasteiger charge is -2.23. The zero-order chi connectivity index (χ0) is 45.4. The van der Waals surface area contributed by atoms with Gasteiger partial charge in [0, 0.05) is 21.6 Å². The summed E-state index contributed by atoms with van der Waals surface area (Å²) >= 11 is 0. The molecule has 216 valence electrons. The summed E-state index contributed by atoms with van der Waals surface area (Å²) in [5.41, 5.74) is 2.08. The van der Waals surface area contributed by atoms with Crippen molar-refractivity contribution in [1.29, 1.82) is 0 Å². The Morgan fingerprint density at radius 1 is 0.522 bits per heavy atom. The van der Waals surface area contributed by atoms with Crippen LogP contribution in [0.5, 0.6) is 0 Å². The summed E-state index contributed by atoms with van der Waals surface area (Å²) in [6, 6.07) is 2.36. The number of benzene rings is 8. The zero-order valence-corrected chi connectivity index (χ0v) is 24.4. The van der Waals surface area contributed by atoms with Gasteiger partial charge in [-0.2, -0.15) is 0 Å². The Bertz CT molecular complexity index is 3600. The highest BCUT2D eigenvalue weighted by Gasteiger charge is 2.35. The molecule has 1 aromatic heterocycles. The van der Waals surface area contributed by atoms with E-state index in [1.807, 2.05) is 50.2 Å². The lowest BCUT2D eigenvalue weighted by atomic mass is 9.80. The molecule has 1 heterocycles. The summed E-state index contributed by atoms with van der Waals surface area (Å²) in [5.74, 6) is 0. The van der Waals surface area contributed by atoms with Crippen molar-refractivity contribution in [2.24, 2.45) is 0 Å². The van der Waals surface area contributed by atoms with Crippen molar-refractivity contribution >= 4 is 54.3 Å². The Morgan fingerprint density at radius 2 is 1.15 bits per heavy atom. The Labute approximate surface area is 291 Å². The van der Waals surface area contributed by atoms with Gasteiger partial charge in [0.15, 0.2) is 0 Å². The Kier molecular flexibility index (Phi) is 2.83. The van der Waals surface area contributed by atoms with Gasteiger partial charge in [0.25, 0.3) is 0 Å². The summed E-state index contributed by atoms with van der Waals surface area (Å²) in [4.78, 5) is 0. The van der Waals surface area contributed by atoms with Gasteiger partial charge in [-0.15, -0.1) is 0 Å². The van der Waals surface area contributed by atoms with E-state index in [4.69, 9.17) is 18.1 Å². The second kappa shape index (κ2) is 9.19. The lowest BCUT2D eigenvalue weighted by Crippen LogP contribution is -2.14. The van der Waals surface area contributed by atoms with Crippen LogP contribution in [0.3, 0.4) is 0 Å². The first-order valence-electron chi connectivity index (χ1n) is 23.2. The number of hydrogen-bond acceptors (Lipinski definition) is 1.